The summed E-state index contributed by atoms with van der Waals surface area (Å²) in [6, 6.07) is 10.8. The zero-order chi connectivity index (χ0) is 48.2. The Morgan fingerprint density at radius 3 is 2.34 bits per heavy atom. The van der Waals surface area contributed by atoms with E-state index in [0.29, 0.717) is 90.2 Å². The first kappa shape index (κ1) is 50.5. The van der Waals surface area contributed by atoms with Gasteiger partial charge in [-0.15, -0.1) is 12.8 Å². The molecule has 0 spiro atoms. The minimum atomic E-state index is -4.34. The predicted octanol–water partition coefficient (Wildman–Crippen LogP) is 10.5. The van der Waals surface area contributed by atoms with Gasteiger partial charge >= 0.3 is 6.18 Å². The van der Waals surface area contributed by atoms with E-state index < -0.39 is 22.9 Å². The Kier molecular flexibility index (Phi) is 15.6. The van der Waals surface area contributed by atoms with E-state index in [-0.39, 0.29) is 17.4 Å². The summed E-state index contributed by atoms with van der Waals surface area (Å²) < 4.78 is 42.7. The number of benzene rings is 2. The summed E-state index contributed by atoms with van der Waals surface area (Å²) in [6.07, 6.45) is 28.5. The number of ether oxygens (including phenoxy) is 1. The number of ketones is 1. The molecule has 362 valence electrons. The third-order valence-electron chi connectivity index (χ3n) is 17.6. The molecule has 67 heavy (non-hydrogen) atoms. The first-order valence-electron chi connectivity index (χ1n) is 24.7. The van der Waals surface area contributed by atoms with E-state index >= 15 is 0 Å². The largest absolute Gasteiger partial charge is 0.508 e. The minimum Gasteiger partial charge on any atom is -0.508 e. The number of rotatable bonds is 10. The molecule has 8 nitrogen and oxygen atoms in total. The van der Waals surface area contributed by atoms with E-state index in [2.05, 4.69) is 43.0 Å². The highest BCUT2D eigenvalue weighted by molar-refractivity contribution is 6.00. The number of unbranched alkanes of at least 4 members (excludes halogenated alkanes) is 1. The first-order valence-corrected chi connectivity index (χ1v) is 24.7. The standard InChI is InChI=1S/C21H26O2.C20H24O2.C15H21F3N2O2/c1-3-20-11-9-17-16-8-6-15(22)13-14(16)5-7-18(17)19(20)10-12-21(20,23)4-2;1-3-20(22)11-9-18-17-6-4-13-12-14(21)5-7-15(13)16(17)8-10-19(18,20)2;1-21-10-3-2-4-14(20-22-11-9-19)12-5-7-13(8-6-12)15(16,17)18/h2,10,12-13,16-19,23H,3,5-9,11H2,1H3;1,5,7,12,16-18,21-22H,4,6,8-11H2,2H3;5-8H,2-4,9-11,19H2,1H3/b;;20-14+/t16-,17+,18+,19-,20-,21-;16-,17-,18+,19+,20+;/m01./s1. The average molecular weight is 925 g/mol. The number of nitrogens with two attached hydrogens (primary N) is 1. The number of oxime groups is 1. The fourth-order valence-corrected chi connectivity index (χ4v) is 14.0. The maximum Gasteiger partial charge on any atom is 0.416 e. The summed E-state index contributed by atoms with van der Waals surface area (Å²) >= 11 is 0. The summed E-state index contributed by atoms with van der Waals surface area (Å²) in [6.45, 7) is 5.61. The molecule has 11 heteroatoms. The molecule has 4 saturated carbocycles. The van der Waals surface area contributed by atoms with Crippen molar-refractivity contribution in [2.24, 2.45) is 57.2 Å². The lowest BCUT2D eigenvalue weighted by atomic mass is 9.49. The molecule has 2 aromatic rings. The Labute approximate surface area is 396 Å². The second-order valence-corrected chi connectivity index (χ2v) is 20.5. The Morgan fingerprint density at radius 2 is 1.66 bits per heavy atom. The summed E-state index contributed by atoms with van der Waals surface area (Å²) in [7, 11) is 1.62. The van der Waals surface area contributed by atoms with Gasteiger partial charge in [-0.3, -0.25) is 4.79 Å². The van der Waals surface area contributed by atoms with Gasteiger partial charge in [0.25, 0.3) is 0 Å². The van der Waals surface area contributed by atoms with E-state index in [1.165, 1.54) is 28.8 Å². The number of carbonyl (C=O) groups excluding carboxylic acids is 1. The fourth-order valence-electron chi connectivity index (χ4n) is 14.0. The smallest absolute Gasteiger partial charge is 0.416 e. The number of hydrogen-bond acceptors (Lipinski definition) is 8. The third kappa shape index (κ3) is 9.78. The van der Waals surface area contributed by atoms with E-state index in [4.69, 9.17) is 28.2 Å². The van der Waals surface area contributed by atoms with Crippen LogP contribution in [-0.4, -0.2) is 64.9 Å². The number of carbonyl (C=O) groups is 1. The van der Waals surface area contributed by atoms with Crippen molar-refractivity contribution in [2.45, 2.75) is 140 Å². The number of hydrogen-bond donors (Lipinski definition) is 4. The van der Waals surface area contributed by atoms with Crippen LogP contribution in [0.2, 0.25) is 0 Å². The molecule has 0 unspecified atom stereocenters. The predicted molar refractivity (Wildman–Crippen MR) is 256 cm³/mol. The van der Waals surface area contributed by atoms with Crippen LogP contribution in [0.25, 0.3) is 0 Å². The molecule has 0 bridgehead atoms. The van der Waals surface area contributed by atoms with Crippen LogP contribution >= 0.6 is 0 Å². The number of aryl methyl sites for hydroxylation is 1. The molecule has 0 heterocycles. The Bertz CT molecular complexity index is 2260. The lowest BCUT2D eigenvalue weighted by Crippen LogP contribution is -2.54. The lowest BCUT2D eigenvalue weighted by Gasteiger charge is -2.55. The molecule has 4 fully saturated rings. The van der Waals surface area contributed by atoms with Crippen LogP contribution < -0.4 is 5.73 Å². The zero-order valence-electron chi connectivity index (χ0n) is 39.6. The van der Waals surface area contributed by atoms with Gasteiger partial charge in [0.1, 0.15) is 23.6 Å². The van der Waals surface area contributed by atoms with Gasteiger partial charge in [0.05, 0.1) is 11.3 Å². The average Bonchev–Trinajstić information content (AvgIpc) is 3.79. The van der Waals surface area contributed by atoms with Gasteiger partial charge in [0.15, 0.2) is 5.78 Å². The maximum atomic E-state index is 12.6. The summed E-state index contributed by atoms with van der Waals surface area (Å²) in [5.41, 5.74) is 7.72. The Balaban J connectivity index is 0.000000149. The number of terminal acetylenes is 2. The van der Waals surface area contributed by atoms with Crippen molar-refractivity contribution in [1.82, 2.24) is 0 Å². The highest BCUT2D eigenvalue weighted by Gasteiger charge is 2.62. The number of aliphatic hydroxyl groups is 2. The van der Waals surface area contributed by atoms with Crippen molar-refractivity contribution in [3.63, 3.8) is 0 Å². The number of aromatic hydroxyl groups is 1. The number of halogens is 3. The van der Waals surface area contributed by atoms with Crippen LogP contribution in [0.4, 0.5) is 13.2 Å². The van der Waals surface area contributed by atoms with Crippen LogP contribution in [0.15, 0.2) is 71.4 Å². The van der Waals surface area contributed by atoms with E-state index in [1.54, 1.807) is 7.11 Å². The van der Waals surface area contributed by atoms with E-state index in [9.17, 15) is 33.3 Å². The van der Waals surface area contributed by atoms with Gasteiger partial charge < -0.3 is 30.6 Å². The number of allylic oxidation sites excluding steroid dienone is 3. The van der Waals surface area contributed by atoms with Gasteiger partial charge in [-0.05, 0) is 191 Å². The van der Waals surface area contributed by atoms with Crippen LogP contribution in [0, 0.1) is 71.0 Å². The number of phenols is 1. The molecule has 0 aromatic heterocycles. The quantitative estimate of drug-likeness (QED) is 0.0613. The van der Waals surface area contributed by atoms with Crippen molar-refractivity contribution in [2.75, 3.05) is 26.9 Å². The highest BCUT2D eigenvalue weighted by atomic mass is 19.4. The van der Waals surface area contributed by atoms with Crippen molar-refractivity contribution in [3.8, 4) is 30.4 Å². The number of phenolic OH excluding ortho intramolecular Hbond substituents is 1. The number of nitrogens with zero attached hydrogens (tertiary/aromatic N) is 1. The topological polar surface area (TPSA) is 135 Å². The van der Waals surface area contributed by atoms with Crippen LogP contribution in [0.1, 0.15) is 138 Å². The normalized spacial score (nSPS) is 34.7. The summed E-state index contributed by atoms with van der Waals surface area (Å²) in [5.74, 6) is 10.1. The number of alkyl halides is 3. The lowest BCUT2D eigenvalue weighted by molar-refractivity contribution is -0.137. The van der Waals surface area contributed by atoms with Crippen molar-refractivity contribution in [3.05, 3.63) is 88.5 Å². The second kappa shape index (κ2) is 20.7. The molecule has 0 radical (unpaired) electrons. The van der Waals surface area contributed by atoms with Crippen molar-refractivity contribution < 1.29 is 42.9 Å². The maximum absolute atomic E-state index is 12.6. The van der Waals surface area contributed by atoms with E-state index in [0.717, 1.165) is 102 Å². The Hall–Kier alpha value is -4.39. The van der Waals surface area contributed by atoms with E-state index in [1.807, 2.05) is 24.3 Å². The number of fused-ring (bicyclic) bond motifs is 10. The molecule has 0 saturated heterocycles. The van der Waals surface area contributed by atoms with Crippen LogP contribution in [0.3, 0.4) is 0 Å². The molecule has 0 aliphatic heterocycles. The van der Waals surface area contributed by atoms with Crippen LogP contribution in [-0.2, 0) is 27.0 Å². The molecule has 2 aromatic carbocycles. The highest BCUT2D eigenvalue weighted by Crippen LogP contribution is 2.65. The molecule has 11 atom stereocenters. The summed E-state index contributed by atoms with van der Waals surface area (Å²) in [4.78, 5) is 16.8. The van der Waals surface area contributed by atoms with Crippen LogP contribution in [0.5, 0.6) is 5.75 Å². The van der Waals surface area contributed by atoms with Gasteiger partial charge in [-0.2, -0.15) is 13.2 Å². The second-order valence-electron chi connectivity index (χ2n) is 20.5. The molecule has 9 rings (SSSR count). The number of methoxy groups -OCH3 is 1. The molecular weight excluding hydrogens is 854 g/mol. The van der Waals surface area contributed by atoms with Crippen molar-refractivity contribution in [1.29, 1.82) is 0 Å². The third-order valence-corrected chi connectivity index (χ3v) is 17.6. The fraction of sp³-hybridized carbons (Fsp3) is 0.607. The molecule has 7 aliphatic rings. The minimum absolute atomic E-state index is 0.128. The van der Waals surface area contributed by atoms with Gasteiger partial charge in [0, 0.05) is 37.5 Å². The van der Waals surface area contributed by atoms with Gasteiger partial charge in [-0.1, -0.05) is 60.7 Å². The SMILES string of the molecule is C#C[C@]1(O)C=C[C@H]2[C@@H]3CCC4=CC(=O)CC[C@@H]4[C@H]3CC[C@@]21CC.C#C[C@]1(O)CC[C@H]2[C@@H]3CCc4cc(O)ccc4[C@H]3CC[C@@]21C.COCCCC/C(=N\OCCN)c1ccc(C(F)(F)F)cc1. The monoisotopic (exact) mass is 925 g/mol. The molecule has 5 N–H and O–H groups in total. The molecular formula is C56H71F3N2O6. The summed E-state index contributed by atoms with van der Waals surface area (Å²) in [5, 5.41) is 35.6. The molecule has 0 amide bonds. The molecule has 7 aliphatic carbocycles. The van der Waals surface area contributed by atoms with Gasteiger partial charge in [-0.25, -0.2) is 0 Å². The Morgan fingerprint density at radius 1 is 0.896 bits per heavy atom. The van der Waals surface area contributed by atoms with Crippen molar-refractivity contribution >= 4 is 11.5 Å². The zero-order valence-corrected chi connectivity index (χ0v) is 39.6. The first-order chi connectivity index (χ1) is 32.0. The van der Waals surface area contributed by atoms with Gasteiger partial charge in [0.2, 0.25) is 0 Å².